The molecule has 0 radical (unpaired) electrons. The lowest BCUT2D eigenvalue weighted by atomic mass is 10.2. The van der Waals surface area contributed by atoms with Crippen molar-refractivity contribution in [1.82, 2.24) is 0 Å². The summed E-state index contributed by atoms with van der Waals surface area (Å²) in [6.45, 7) is 4.39. The third kappa shape index (κ3) is 5.61. The minimum absolute atomic E-state index is 0.391. The molecule has 0 fully saturated rings. The lowest BCUT2D eigenvalue weighted by Gasteiger charge is -2.15. The van der Waals surface area contributed by atoms with E-state index in [0.717, 1.165) is 11.8 Å². The average molecular weight is 364 g/mol. The van der Waals surface area contributed by atoms with Gasteiger partial charge in [-0.05, 0) is 23.8 Å². The van der Waals surface area contributed by atoms with Crippen LogP contribution in [0.2, 0.25) is 0 Å². The van der Waals surface area contributed by atoms with E-state index in [1.165, 1.54) is 7.11 Å². The zero-order valence-corrected chi connectivity index (χ0v) is 15.8. The van der Waals surface area contributed by atoms with Crippen LogP contribution in [0.3, 0.4) is 0 Å². The quantitative estimate of drug-likeness (QED) is 0.489. The number of benzene rings is 3. The predicted octanol–water partition coefficient (Wildman–Crippen LogP) is 5.91. The molecule has 0 aliphatic rings. The highest BCUT2D eigenvalue weighted by molar-refractivity contribution is 5.81. The second-order valence-electron chi connectivity index (χ2n) is 5.35. The zero-order valence-electron chi connectivity index (χ0n) is 15.8. The van der Waals surface area contributed by atoms with Crippen molar-refractivity contribution >= 4 is 6.29 Å². The zero-order chi connectivity index (χ0) is 19.5. The van der Waals surface area contributed by atoms with Gasteiger partial charge in [0.15, 0.2) is 17.8 Å². The van der Waals surface area contributed by atoms with Crippen LogP contribution in [0.5, 0.6) is 23.0 Å². The smallest absolute Gasteiger partial charge is 0.165 e. The van der Waals surface area contributed by atoms with E-state index >= 15 is 0 Å². The van der Waals surface area contributed by atoms with Gasteiger partial charge in [-0.3, -0.25) is 4.79 Å². The summed E-state index contributed by atoms with van der Waals surface area (Å²) in [5.74, 6) is 2.07. The van der Waals surface area contributed by atoms with Gasteiger partial charge in [0.25, 0.3) is 0 Å². The van der Waals surface area contributed by atoms with Crippen LogP contribution in [-0.2, 0) is 6.61 Å². The van der Waals surface area contributed by atoms with Gasteiger partial charge in [0.2, 0.25) is 0 Å². The van der Waals surface area contributed by atoms with E-state index in [-0.39, 0.29) is 0 Å². The summed E-state index contributed by atoms with van der Waals surface area (Å²) < 4.78 is 17.0. The SMILES string of the molecule is CC.COc1cc(C=O)c(Oc2ccccc2)cc1OCc1ccccc1. The summed E-state index contributed by atoms with van der Waals surface area (Å²) in [7, 11) is 1.54. The maximum atomic E-state index is 11.4. The van der Waals surface area contributed by atoms with Gasteiger partial charge in [0, 0.05) is 6.07 Å². The van der Waals surface area contributed by atoms with Crippen LogP contribution in [0.15, 0.2) is 72.8 Å². The Morgan fingerprint density at radius 1 is 0.815 bits per heavy atom. The number of aldehydes is 1. The molecule has 0 amide bonds. The Balaban J connectivity index is 0.00000126. The molecule has 0 saturated heterocycles. The van der Waals surface area contributed by atoms with Crippen molar-refractivity contribution in [2.45, 2.75) is 20.5 Å². The molecule has 0 atom stereocenters. The molecule has 140 valence electrons. The molecule has 0 unspecified atom stereocenters. The van der Waals surface area contributed by atoms with Gasteiger partial charge in [0.1, 0.15) is 18.1 Å². The first kappa shape index (κ1) is 20.0. The molecule has 0 heterocycles. The van der Waals surface area contributed by atoms with Gasteiger partial charge in [-0.25, -0.2) is 0 Å². The number of hydrogen-bond donors (Lipinski definition) is 0. The minimum atomic E-state index is 0.391. The molecule has 0 aliphatic heterocycles. The van der Waals surface area contributed by atoms with Crippen molar-refractivity contribution in [3.8, 4) is 23.0 Å². The van der Waals surface area contributed by atoms with E-state index in [1.54, 1.807) is 12.1 Å². The number of carbonyl (C=O) groups is 1. The second-order valence-corrected chi connectivity index (χ2v) is 5.35. The van der Waals surface area contributed by atoms with Gasteiger partial charge in [-0.15, -0.1) is 0 Å². The number of carbonyl (C=O) groups excluding carboxylic acids is 1. The number of methoxy groups -OCH3 is 1. The van der Waals surface area contributed by atoms with Crippen molar-refractivity contribution in [1.29, 1.82) is 0 Å². The Morgan fingerprint density at radius 2 is 1.44 bits per heavy atom. The van der Waals surface area contributed by atoms with Gasteiger partial charge < -0.3 is 14.2 Å². The molecule has 3 aromatic rings. The first-order valence-electron chi connectivity index (χ1n) is 8.87. The van der Waals surface area contributed by atoms with E-state index < -0.39 is 0 Å². The van der Waals surface area contributed by atoms with Crippen LogP contribution in [0.4, 0.5) is 0 Å². The van der Waals surface area contributed by atoms with Gasteiger partial charge >= 0.3 is 0 Å². The lowest BCUT2D eigenvalue weighted by molar-refractivity contribution is 0.112. The molecule has 4 heteroatoms. The molecular formula is C23H24O4. The minimum Gasteiger partial charge on any atom is -0.493 e. The van der Waals surface area contributed by atoms with Gasteiger partial charge in [-0.2, -0.15) is 0 Å². The summed E-state index contributed by atoms with van der Waals surface area (Å²) >= 11 is 0. The van der Waals surface area contributed by atoms with Crippen molar-refractivity contribution in [2.24, 2.45) is 0 Å². The van der Waals surface area contributed by atoms with Crippen LogP contribution in [0, 0.1) is 0 Å². The number of ether oxygens (including phenoxy) is 3. The Morgan fingerprint density at radius 3 is 2.04 bits per heavy atom. The third-order valence-corrected chi connectivity index (χ3v) is 3.63. The molecule has 0 aromatic heterocycles. The fourth-order valence-corrected chi connectivity index (χ4v) is 2.36. The molecule has 4 nitrogen and oxygen atoms in total. The number of para-hydroxylation sites is 1. The molecule has 0 spiro atoms. The summed E-state index contributed by atoms with van der Waals surface area (Å²) in [6.07, 6.45) is 0.738. The first-order chi connectivity index (χ1) is 13.3. The fourth-order valence-electron chi connectivity index (χ4n) is 2.36. The lowest BCUT2D eigenvalue weighted by Crippen LogP contribution is -2.00. The van der Waals surface area contributed by atoms with E-state index in [4.69, 9.17) is 14.2 Å². The molecule has 27 heavy (non-hydrogen) atoms. The number of hydrogen-bond acceptors (Lipinski definition) is 4. The second kappa shape index (κ2) is 10.7. The highest BCUT2D eigenvalue weighted by Gasteiger charge is 2.13. The van der Waals surface area contributed by atoms with Crippen molar-refractivity contribution in [2.75, 3.05) is 7.11 Å². The monoisotopic (exact) mass is 364 g/mol. The van der Waals surface area contributed by atoms with Crippen molar-refractivity contribution < 1.29 is 19.0 Å². The largest absolute Gasteiger partial charge is 0.493 e. The average Bonchev–Trinajstić information content (AvgIpc) is 2.75. The molecular weight excluding hydrogens is 340 g/mol. The number of rotatable bonds is 7. The van der Waals surface area contributed by atoms with Crippen molar-refractivity contribution in [3.63, 3.8) is 0 Å². The molecule has 0 bridgehead atoms. The molecule has 3 aromatic carbocycles. The summed E-state index contributed by atoms with van der Waals surface area (Å²) in [5, 5.41) is 0. The Kier molecular flexibility index (Phi) is 7.92. The molecule has 0 saturated carbocycles. The van der Waals surface area contributed by atoms with Crippen molar-refractivity contribution in [3.05, 3.63) is 83.9 Å². The summed E-state index contributed by atoms with van der Waals surface area (Å²) in [5.41, 5.74) is 1.43. The van der Waals surface area contributed by atoms with E-state index in [9.17, 15) is 4.79 Å². The maximum Gasteiger partial charge on any atom is 0.165 e. The standard InChI is InChI=1S/C21H18O4.C2H6/c1-23-20-12-17(14-22)19(25-18-10-6-3-7-11-18)13-21(20)24-15-16-8-4-2-5-9-16;1-2/h2-14H,15H2,1H3;1-2H3. The summed E-state index contributed by atoms with van der Waals surface area (Å²) in [6, 6.07) is 22.4. The van der Waals surface area contributed by atoms with E-state index in [1.807, 2.05) is 74.5 Å². The van der Waals surface area contributed by atoms with E-state index in [2.05, 4.69) is 0 Å². The highest BCUT2D eigenvalue weighted by Crippen LogP contribution is 2.36. The maximum absolute atomic E-state index is 11.4. The van der Waals surface area contributed by atoms with Crippen LogP contribution in [-0.4, -0.2) is 13.4 Å². The third-order valence-electron chi connectivity index (χ3n) is 3.63. The summed E-state index contributed by atoms with van der Waals surface area (Å²) in [4.78, 5) is 11.4. The Bertz CT molecular complexity index is 830. The van der Waals surface area contributed by atoms with Gasteiger partial charge in [0.05, 0.1) is 12.7 Å². The Hall–Kier alpha value is -3.27. The van der Waals surface area contributed by atoms with Crippen LogP contribution < -0.4 is 14.2 Å². The van der Waals surface area contributed by atoms with Crippen LogP contribution >= 0.6 is 0 Å². The van der Waals surface area contributed by atoms with Gasteiger partial charge in [-0.1, -0.05) is 62.4 Å². The van der Waals surface area contributed by atoms with E-state index in [0.29, 0.717) is 35.2 Å². The topological polar surface area (TPSA) is 44.8 Å². The Labute approximate surface area is 160 Å². The normalized spacial score (nSPS) is 9.59. The fraction of sp³-hybridized carbons (Fsp3) is 0.174. The van der Waals surface area contributed by atoms with Crippen LogP contribution in [0.25, 0.3) is 0 Å². The molecule has 0 N–H and O–H groups in total. The molecule has 3 rings (SSSR count). The highest BCUT2D eigenvalue weighted by atomic mass is 16.5. The molecule has 0 aliphatic carbocycles. The predicted molar refractivity (Wildman–Crippen MR) is 107 cm³/mol. The van der Waals surface area contributed by atoms with Crippen LogP contribution in [0.1, 0.15) is 29.8 Å². The first-order valence-corrected chi connectivity index (χ1v) is 8.87.